The zero-order valence-corrected chi connectivity index (χ0v) is 8.70. The molecule has 0 aromatic carbocycles. The first-order valence-electron chi connectivity index (χ1n) is 4.46. The summed E-state index contributed by atoms with van der Waals surface area (Å²) >= 11 is 0. The summed E-state index contributed by atoms with van der Waals surface area (Å²) in [4.78, 5) is 25.9. The number of hydrogen-bond acceptors (Lipinski definition) is 3. The average Bonchev–Trinajstić information content (AvgIpc) is 1.95. The van der Waals surface area contributed by atoms with Gasteiger partial charge in [0, 0.05) is 12.8 Å². The lowest BCUT2D eigenvalue weighted by atomic mass is 10.0. The van der Waals surface area contributed by atoms with Crippen molar-refractivity contribution in [3.05, 3.63) is 0 Å². The van der Waals surface area contributed by atoms with Gasteiger partial charge in [-0.05, 0) is 19.8 Å². The Morgan fingerprint density at radius 1 is 1.23 bits per heavy atom. The van der Waals surface area contributed by atoms with Gasteiger partial charge in [-0.1, -0.05) is 13.8 Å². The van der Waals surface area contributed by atoms with E-state index >= 15 is 0 Å². The van der Waals surface area contributed by atoms with Crippen LogP contribution in [0.3, 0.4) is 0 Å². The second kappa shape index (κ2) is 5.62. The molecule has 3 nitrogen and oxygen atoms in total. The van der Waals surface area contributed by atoms with Gasteiger partial charge in [-0.25, -0.2) is 0 Å². The number of Topliss-reactive ketones (excluding diaryl/α,β-unsaturated/α-hetero) is 2. The monoisotopic (exact) mass is 183 g/mol. The van der Waals surface area contributed by atoms with Gasteiger partial charge in [0.25, 0.3) is 0 Å². The number of hydrogen-bond donors (Lipinski definition) is 0. The molecule has 0 aliphatic heterocycles. The summed E-state index contributed by atoms with van der Waals surface area (Å²) in [6.07, 6.45) is 1.46. The van der Waals surface area contributed by atoms with E-state index in [9.17, 15) is 9.59 Å². The molecule has 0 rings (SSSR count). The van der Waals surface area contributed by atoms with Crippen LogP contribution in [0, 0.1) is 11.8 Å². The van der Waals surface area contributed by atoms with Crippen molar-refractivity contribution in [3.63, 3.8) is 0 Å². The molecule has 0 amide bonds. The number of rotatable bonds is 5. The average molecular weight is 183 g/mol. The van der Waals surface area contributed by atoms with Gasteiger partial charge in [0.2, 0.25) is 0 Å². The van der Waals surface area contributed by atoms with Crippen LogP contribution in [0.1, 0.15) is 27.7 Å². The third-order valence-electron chi connectivity index (χ3n) is 1.60. The number of nitrogens with zero attached hydrogens (tertiary/aromatic N) is 1. The van der Waals surface area contributed by atoms with E-state index in [1.807, 2.05) is 13.8 Å². The zero-order valence-electron chi connectivity index (χ0n) is 8.70. The van der Waals surface area contributed by atoms with Gasteiger partial charge >= 0.3 is 0 Å². The van der Waals surface area contributed by atoms with Crippen molar-refractivity contribution in [1.82, 2.24) is 0 Å². The first-order valence-corrected chi connectivity index (χ1v) is 4.46. The van der Waals surface area contributed by atoms with Crippen LogP contribution in [0.5, 0.6) is 0 Å². The Morgan fingerprint density at radius 3 is 2.00 bits per heavy atom. The Labute approximate surface area is 79.2 Å². The maximum atomic E-state index is 10.9. The summed E-state index contributed by atoms with van der Waals surface area (Å²) in [5.74, 6) is -0.463. The molecule has 74 valence electrons. The minimum Gasteiger partial charge on any atom is -0.299 e. The SMILES string of the molecule is CC(=O)C(C=NCC(C)C)C(C)=O. The first-order chi connectivity index (χ1) is 5.95. The van der Waals surface area contributed by atoms with Crippen LogP contribution in [-0.2, 0) is 9.59 Å². The molecule has 0 aliphatic rings. The lowest BCUT2D eigenvalue weighted by Crippen LogP contribution is -2.21. The van der Waals surface area contributed by atoms with Gasteiger partial charge in [-0.2, -0.15) is 0 Å². The normalized spacial score (nSPS) is 11.5. The Bertz CT molecular complexity index is 205. The predicted octanol–water partition coefficient (Wildman–Crippen LogP) is 1.51. The van der Waals surface area contributed by atoms with Gasteiger partial charge in [-0.3, -0.25) is 14.6 Å². The molecule has 0 heterocycles. The summed E-state index contributed by atoms with van der Waals surface area (Å²) in [7, 11) is 0. The molecule has 0 aromatic rings. The second-order valence-corrected chi connectivity index (χ2v) is 3.61. The largest absolute Gasteiger partial charge is 0.299 e. The molecule has 0 aliphatic carbocycles. The fourth-order valence-corrected chi connectivity index (χ4v) is 0.873. The molecule has 3 heteroatoms. The molecule has 0 N–H and O–H groups in total. The molecule has 0 atom stereocenters. The van der Waals surface area contributed by atoms with Crippen molar-refractivity contribution in [2.45, 2.75) is 27.7 Å². The number of carbonyl (C=O) groups is 2. The van der Waals surface area contributed by atoms with E-state index in [4.69, 9.17) is 0 Å². The standard InChI is InChI=1S/C10H17NO2/c1-7(2)5-11-6-10(8(3)12)9(4)13/h6-7,10H,5H2,1-4H3. The van der Waals surface area contributed by atoms with E-state index < -0.39 is 5.92 Å². The van der Waals surface area contributed by atoms with Crippen LogP contribution in [0.4, 0.5) is 0 Å². The predicted molar refractivity (Wildman–Crippen MR) is 53.0 cm³/mol. The highest BCUT2D eigenvalue weighted by molar-refractivity contribution is 6.12. The van der Waals surface area contributed by atoms with E-state index in [-0.39, 0.29) is 11.6 Å². The van der Waals surface area contributed by atoms with E-state index in [0.29, 0.717) is 12.5 Å². The molecule has 0 aromatic heterocycles. The van der Waals surface area contributed by atoms with E-state index in [2.05, 4.69) is 4.99 Å². The minimum absolute atomic E-state index is 0.139. The smallest absolute Gasteiger partial charge is 0.145 e. The molecule has 13 heavy (non-hydrogen) atoms. The number of aliphatic imine (C=N–C) groups is 1. The third kappa shape index (κ3) is 5.28. The molecule has 0 unspecified atom stereocenters. The molecule has 0 saturated carbocycles. The molecule has 0 spiro atoms. The quantitative estimate of drug-likeness (QED) is 0.479. The van der Waals surface area contributed by atoms with Crippen molar-refractivity contribution >= 4 is 17.8 Å². The fourth-order valence-electron chi connectivity index (χ4n) is 0.873. The van der Waals surface area contributed by atoms with Gasteiger partial charge < -0.3 is 0 Å². The van der Waals surface area contributed by atoms with Crippen molar-refractivity contribution < 1.29 is 9.59 Å². The molecule has 0 saturated heterocycles. The van der Waals surface area contributed by atoms with E-state index in [1.165, 1.54) is 20.1 Å². The van der Waals surface area contributed by atoms with Crippen molar-refractivity contribution in [1.29, 1.82) is 0 Å². The molecule has 0 bridgehead atoms. The fraction of sp³-hybridized carbons (Fsp3) is 0.700. The van der Waals surface area contributed by atoms with E-state index in [0.717, 1.165) is 0 Å². The molecular formula is C10H17NO2. The van der Waals surface area contributed by atoms with Crippen LogP contribution in [-0.4, -0.2) is 24.3 Å². The number of ketones is 2. The molecular weight excluding hydrogens is 166 g/mol. The van der Waals surface area contributed by atoms with Crippen LogP contribution in [0.15, 0.2) is 4.99 Å². The Balaban J connectivity index is 4.18. The van der Waals surface area contributed by atoms with Gasteiger partial charge in [0.1, 0.15) is 17.5 Å². The lowest BCUT2D eigenvalue weighted by molar-refractivity contribution is -0.127. The van der Waals surface area contributed by atoms with Crippen molar-refractivity contribution in [3.8, 4) is 0 Å². The summed E-state index contributed by atoms with van der Waals surface area (Å²) < 4.78 is 0. The van der Waals surface area contributed by atoms with Crippen LogP contribution < -0.4 is 0 Å². The van der Waals surface area contributed by atoms with Gasteiger partial charge in [0.15, 0.2) is 0 Å². The topological polar surface area (TPSA) is 46.5 Å². The van der Waals surface area contributed by atoms with Gasteiger partial charge in [-0.15, -0.1) is 0 Å². The second-order valence-electron chi connectivity index (χ2n) is 3.61. The minimum atomic E-state index is -0.640. The Kier molecular flexibility index (Phi) is 5.19. The summed E-state index contributed by atoms with van der Waals surface area (Å²) in [6.45, 7) is 7.56. The Hall–Kier alpha value is -0.990. The maximum absolute atomic E-state index is 10.9. The van der Waals surface area contributed by atoms with Gasteiger partial charge in [0.05, 0.1) is 0 Å². The number of carbonyl (C=O) groups excluding carboxylic acids is 2. The lowest BCUT2D eigenvalue weighted by Gasteiger charge is -2.03. The van der Waals surface area contributed by atoms with Crippen LogP contribution in [0.25, 0.3) is 0 Å². The highest BCUT2D eigenvalue weighted by Crippen LogP contribution is 1.98. The van der Waals surface area contributed by atoms with E-state index in [1.54, 1.807) is 0 Å². The zero-order chi connectivity index (χ0) is 10.4. The Morgan fingerprint density at radius 2 is 1.69 bits per heavy atom. The van der Waals surface area contributed by atoms with Crippen molar-refractivity contribution in [2.75, 3.05) is 6.54 Å². The van der Waals surface area contributed by atoms with Crippen molar-refractivity contribution in [2.24, 2.45) is 16.8 Å². The van der Waals surface area contributed by atoms with Crippen LogP contribution >= 0.6 is 0 Å². The highest BCUT2D eigenvalue weighted by atomic mass is 16.1. The van der Waals surface area contributed by atoms with Crippen LogP contribution in [0.2, 0.25) is 0 Å². The highest BCUT2D eigenvalue weighted by Gasteiger charge is 2.16. The summed E-state index contributed by atoms with van der Waals surface area (Å²) in [5, 5.41) is 0. The molecule has 0 fully saturated rings. The maximum Gasteiger partial charge on any atom is 0.145 e. The first kappa shape index (κ1) is 12.0. The molecule has 0 radical (unpaired) electrons. The third-order valence-corrected chi connectivity index (χ3v) is 1.60. The summed E-state index contributed by atoms with van der Waals surface area (Å²) in [5.41, 5.74) is 0. The summed E-state index contributed by atoms with van der Waals surface area (Å²) in [6, 6.07) is 0.